The van der Waals surface area contributed by atoms with Crippen molar-refractivity contribution in [3.05, 3.63) is 12.3 Å². The molecule has 0 saturated carbocycles. The first-order chi connectivity index (χ1) is 8.40. The van der Waals surface area contributed by atoms with Crippen LogP contribution < -0.4 is 5.73 Å². The Bertz CT molecular complexity index is 428. The van der Waals surface area contributed by atoms with Crippen molar-refractivity contribution in [2.75, 3.05) is 19.4 Å². The second kappa shape index (κ2) is 6.04. The molecule has 0 radical (unpaired) electrons. The van der Waals surface area contributed by atoms with Crippen LogP contribution in [0.4, 0.5) is 5.82 Å². The lowest BCUT2D eigenvalue weighted by molar-refractivity contribution is -0.152. The van der Waals surface area contributed by atoms with E-state index in [-0.39, 0.29) is 25.1 Å². The van der Waals surface area contributed by atoms with Crippen molar-refractivity contribution in [3.8, 4) is 0 Å². The molecule has 0 aromatic carbocycles. The smallest absolute Gasteiger partial charge is 0.328 e. The first-order valence-electron chi connectivity index (χ1n) is 5.60. The van der Waals surface area contributed by atoms with E-state index in [1.165, 1.54) is 9.58 Å². The number of carbonyl (C=O) groups excluding carboxylic acids is 2. The molecule has 0 aliphatic heterocycles. The van der Waals surface area contributed by atoms with Crippen LogP contribution in [0.15, 0.2) is 12.3 Å². The number of nitrogens with zero attached hydrogens (tertiary/aromatic N) is 3. The van der Waals surface area contributed by atoms with Crippen LogP contribution in [0.2, 0.25) is 0 Å². The van der Waals surface area contributed by atoms with Crippen molar-refractivity contribution in [2.45, 2.75) is 26.4 Å². The lowest BCUT2D eigenvalue weighted by Crippen LogP contribution is -2.36. The van der Waals surface area contributed by atoms with E-state index in [4.69, 9.17) is 10.5 Å². The number of esters is 1. The van der Waals surface area contributed by atoms with Crippen LogP contribution >= 0.6 is 0 Å². The zero-order valence-electron chi connectivity index (χ0n) is 10.8. The van der Waals surface area contributed by atoms with Gasteiger partial charge in [-0.25, -0.2) is 0 Å². The molecule has 0 spiro atoms. The molecule has 1 aromatic heterocycles. The molecule has 0 aliphatic carbocycles. The Hall–Kier alpha value is -2.05. The van der Waals surface area contributed by atoms with Crippen molar-refractivity contribution >= 4 is 17.7 Å². The predicted octanol–water partition coefficient (Wildman–Crippen LogP) is -0.125. The molecule has 0 aliphatic rings. The first-order valence-corrected chi connectivity index (χ1v) is 5.60. The van der Waals surface area contributed by atoms with Gasteiger partial charge >= 0.3 is 5.97 Å². The SMILES string of the molecule is CC(C)N(C)C(=O)COC(=O)Cn1ccc(N)n1. The highest BCUT2D eigenvalue weighted by atomic mass is 16.5. The third-order valence-electron chi connectivity index (χ3n) is 2.48. The molecule has 0 unspecified atom stereocenters. The number of hydrogen-bond donors (Lipinski definition) is 1. The van der Waals surface area contributed by atoms with Gasteiger partial charge in [0.2, 0.25) is 0 Å². The van der Waals surface area contributed by atoms with Crippen molar-refractivity contribution in [3.63, 3.8) is 0 Å². The van der Waals surface area contributed by atoms with E-state index in [1.807, 2.05) is 13.8 Å². The minimum atomic E-state index is -0.524. The molecule has 0 atom stereocenters. The van der Waals surface area contributed by atoms with E-state index < -0.39 is 5.97 Å². The number of aromatic nitrogens is 2. The van der Waals surface area contributed by atoms with Crippen LogP contribution in [-0.2, 0) is 20.9 Å². The minimum absolute atomic E-state index is 0.0596. The Morgan fingerprint density at radius 2 is 2.22 bits per heavy atom. The molecule has 1 rings (SSSR count). The van der Waals surface area contributed by atoms with Gasteiger partial charge in [0, 0.05) is 19.3 Å². The number of amides is 1. The van der Waals surface area contributed by atoms with Gasteiger partial charge in [0.1, 0.15) is 12.4 Å². The normalized spacial score (nSPS) is 10.4. The summed E-state index contributed by atoms with van der Waals surface area (Å²) in [5.41, 5.74) is 5.40. The summed E-state index contributed by atoms with van der Waals surface area (Å²) < 4.78 is 6.21. The van der Waals surface area contributed by atoms with Gasteiger partial charge in [-0.3, -0.25) is 14.3 Å². The molecule has 7 heteroatoms. The molecule has 7 nitrogen and oxygen atoms in total. The molecule has 0 saturated heterocycles. The Morgan fingerprint density at radius 3 is 2.72 bits per heavy atom. The number of rotatable bonds is 5. The summed E-state index contributed by atoms with van der Waals surface area (Å²) in [6.45, 7) is 3.44. The van der Waals surface area contributed by atoms with Gasteiger partial charge < -0.3 is 15.4 Å². The maximum absolute atomic E-state index is 11.6. The van der Waals surface area contributed by atoms with Gasteiger partial charge in [-0.05, 0) is 19.9 Å². The molecule has 0 bridgehead atoms. The third kappa shape index (κ3) is 4.08. The number of ether oxygens (including phenoxy) is 1. The monoisotopic (exact) mass is 254 g/mol. The topological polar surface area (TPSA) is 90.5 Å². The maximum atomic E-state index is 11.6. The van der Waals surface area contributed by atoms with Crippen LogP contribution in [0.3, 0.4) is 0 Å². The average molecular weight is 254 g/mol. The van der Waals surface area contributed by atoms with E-state index in [0.29, 0.717) is 5.82 Å². The van der Waals surface area contributed by atoms with Gasteiger partial charge in [-0.2, -0.15) is 5.10 Å². The number of likely N-dealkylation sites (N-methyl/N-ethyl adjacent to an activating group) is 1. The summed E-state index contributed by atoms with van der Waals surface area (Å²) in [6.07, 6.45) is 1.57. The molecular formula is C11H18N4O3. The van der Waals surface area contributed by atoms with Crippen LogP contribution in [0.5, 0.6) is 0 Å². The molecular weight excluding hydrogens is 236 g/mol. The molecule has 100 valence electrons. The van der Waals surface area contributed by atoms with Crippen LogP contribution in [0.1, 0.15) is 13.8 Å². The van der Waals surface area contributed by atoms with Crippen molar-refractivity contribution in [2.24, 2.45) is 0 Å². The lowest BCUT2D eigenvalue weighted by Gasteiger charge is -2.21. The molecule has 1 amide bonds. The van der Waals surface area contributed by atoms with Crippen LogP contribution in [-0.4, -0.2) is 46.3 Å². The fourth-order valence-corrected chi connectivity index (χ4v) is 1.18. The van der Waals surface area contributed by atoms with E-state index in [0.717, 1.165) is 0 Å². The van der Waals surface area contributed by atoms with Gasteiger partial charge in [-0.1, -0.05) is 0 Å². The second-order valence-corrected chi connectivity index (χ2v) is 4.20. The van der Waals surface area contributed by atoms with Crippen molar-refractivity contribution < 1.29 is 14.3 Å². The molecule has 1 aromatic rings. The fraction of sp³-hybridized carbons (Fsp3) is 0.545. The fourth-order valence-electron chi connectivity index (χ4n) is 1.18. The largest absolute Gasteiger partial charge is 0.454 e. The summed E-state index contributed by atoms with van der Waals surface area (Å²) >= 11 is 0. The summed E-state index contributed by atoms with van der Waals surface area (Å²) in [4.78, 5) is 24.5. The quantitative estimate of drug-likeness (QED) is 0.739. The lowest BCUT2D eigenvalue weighted by atomic mass is 10.3. The second-order valence-electron chi connectivity index (χ2n) is 4.20. The average Bonchev–Trinajstić information content (AvgIpc) is 2.70. The van der Waals surface area contributed by atoms with Gasteiger partial charge in [0.25, 0.3) is 5.91 Å². The zero-order valence-corrected chi connectivity index (χ0v) is 10.8. The molecule has 1 heterocycles. The summed E-state index contributed by atoms with van der Waals surface area (Å²) in [5.74, 6) is -0.430. The van der Waals surface area contributed by atoms with Gasteiger partial charge in [-0.15, -0.1) is 0 Å². The highest BCUT2D eigenvalue weighted by molar-refractivity contribution is 5.80. The van der Waals surface area contributed by atoms with Crippen molar-refractivity contribution in [1.29, 1.82) is 0 Å². The third-order valence-corrected chi connectivity index (χ3v) is 2.48. The summed E-state index contributed by atoms with van der Waals surface area (Å²) in [7, 11) is 1.66. The number of nitrogens with two attached hydrogens (primary N) is 1. The predicted molar refractivity (Wildman–Crippen MR) is 65.5 cm³/mol. The van der Waals surface area contributed by atoms with Crippen molar-refractivity contribution in [1.82, 2.24) is 14.7 Å². The molecule has 2 N–H and O–H groups in total. The highest BCUT2D eigenvalue weighted by Crippen LogP contribution is 1.98. The minimum Gasteiger partial charge on any atom is -0.454 e. The Morgan fingerprint density at radius 1 is 1.56 bits per heavy atom. The Labute approximate surface area is 105 Å². The van der Waals surface area contributed by atoms with E-state index in [1.54, 1.807) is 19.3 Å². The standard InChI is InChI=1S/C11H18N4O3/c1-8(2)14(3)10(16)7-18-11(17)6-15-5-4-9(12)13-15/h4-5,8H,6-7H2,1-3H3,(H2,12,13). The Balaban J connectivity index is 2.35. The summed E-state index contributed by atoms with van der Waals surface area (Å²) in [5, 5.41) is 3.84. The first kappa shape index (κ1) is 14.0. The summed E-state index contributed by atoms with van der Waals surface area (Å²) in [6, 6.07) is 1.65. The number of hydrogen-bond acceptors (Lipinski definition) is 5. The van der Waals surface area contributed by atoms with Crippen LogP contribution in [0, 0.1) is 0 Å². The maximum Gasteiger partial charge on any atom is 0.328 e. The van der Waals surface area contributed by atoms with E-state index in [2.05, 4.69) is 5.10 Å². The molecule has 0 fully saturated rings. The number of carbonyl (C=O) groups is 2. The highest BCUT2D eigenvalue weighted by Gasteiger charge is 2.14. The number of nitrogen functional groups attached to an aromatic ring is 1. The van der Waals surface area contributed by atoms with Gasteiger partial charge in [0.15, 0.2) is 6.61 Å². The number of anilines is 1. The zero-order chi connectivity index (χ0) is 13.7. The van der Waals surface area contributed by atoms with Crippen LogP contribution in [0.25, 0.3) is 0 Å². The Kier molecular flexibility index (Phi) is 4.70. The van der Waals surface area contributed by atoms with E-state index in [9.17, 15) is 9.59 Å². The van der Waals surface area contributed by atoms with Gasteiger partial charge in [0.05, 0.1) is 0 Å². The molecule has 18 heavy (non-hydrogen) atoms. The van der Waals surface area contributed by atoms with E-state index >= 15 is 0 Å².